The third-order valence-electron chi connectivity index (χ3n) is 10.2. The Bertz CT molecular complexity index is 874. The number of benzene rings is 1. The van der Waals surface area contributed by atoms with Crippen LogP contribution in [0.25, 0.3) is 0 Å². The molecule has 0 bridgehead atoms. The monoisotopic (exact) mass is 585 g/mol. The van der Waals surface area contributed by atoms with Crippen LogP contribution in [0.15, 0.2) is 24.3 Å². The van der Waals surface area contributed by atoms with E-state index >= 15 is 0 Å². The summed E-state index contributed by atoms with van der Waals surface area (Å²) in [4.78, 5) is 7.98. The Morgan fingerprint density at radius 2 is 1.19 bits per heavy atom. The summed E-state index contributed by atoms with van der Waals surface area (Å²) in [5, 5.41) is 3.52. The Kier molecular flexibility index (Phi) is 13.2. The highest BCUT2D eigenvalue weighted by Gasteiger charge is 2.40. The van der Waals surface area contributed by atoms with E-state index in [0.717, 1.165) is 23.9 Å². The zero-order chi connectivity index (χ0) is 30.0. The minimum absolute atomic E-state index is 0.241. The molecule has 2 spiro atoms. The fraction of sp³-hybridized carbons (Fsp3) is 0.833. The quantitative estimate of drug-likeness (QED) is 0.303. The van der Waals surface area contributed by atoms with E-state index in [4.69, 9.17) is 9.47 Å². The van der Waals surface area contributed by atoms with Crippen LogP contribution >= 0.6 is 0 Å². The Morgan fingerprint density at radius 3 is 1.64 bits per heavy atom. The lowest BCUT2D eigenvalue weighted by Crippen LogP contribution is -2.42. The molecule has 1 N–H and O–H groups in total. The Morgan fingerprint density at radius 1 is 0.690 bits per heavy atom. The molecule has 4 heterocycles. The molecule has 4 fully saturated rings. The highest BCUT2D eigenvalue weighted by molar-refractivity contribution is 5.23. The average Bonchev–Trinajstić information content (AvgIpc) is 3.59. The lowest BCUT2D eigenvalue weighted by Gasteiger charge is -2.40. The van der Waals surface area contributed by atoms with Crippen LogP contribution in [0.3, 0.4) is 0 Å². The maximum absolute atomic E-state index is 5.71. The number of hydrogen-bond acceptors (Lipinski definition) is 6. The first-order valence-corrected chi connectivity index (χ1v) is 17.4. The first-order chi connectivity index (χ1) is 20.2. The molecule has 0 saturated carbocycles. The van der Waals surface area contributed by atoms with E-state index in [2.05, 4.69) is 72.0 Å². The summed E-state index contributed by atoms with van der Waals surface area (Å²) in [6.45, 7) is 28.6. The summed E-state index contributed by atoms with van der Waals surface area (Å²) in [6.07, 6.45) is 8.15. The van der Waals surface area contributed by atoms with E-state index in [-0.39, 0.29) is 6.29 Å². The molecule has 6 heteroatoms. The number of nitrogens with one attached hydrogen (secondary N) is 1. The van der Waals surface area contributed by atoms with Gasteiger partial charge in [-0.2, -0.15) is 0 Å². The van der Waals surface area contributed by atoms with Crippen LogP contribution in [0.4, 0.5) is 0 Å². The van der Waals surface area contributed by atoms with Crippen LogP contribution in [0.1, 0.15) is 97.5 Å². The minimum atomic E-state index is -0.241. The van der Waals surface area contributed by atoms with Crippen molar-refractivity contribution in [1.82, 2.24) is 20.0 Å². The van der Waals surface area contributed by atoms with Crippen molar-refractivity contribution in [2.75, 3.05) is 78.7 Å². The van der Waals surface area contributed by atoms with E-state index in [9.17, 15) is 0 Å². The number of ether oxygens (including phenoxy) is 2. The average molecular weight is 585 g/mol. The maximum Gasteiger partial charge on any atom is 0.183 e. The highest BCUT2D eigenvalue weighted by atomic mass is 16.7. The number of likely N-dealkylation sites (tertiary alicyclic amines) is 3. The van der Waals surface area contributed by atoms with Gasteiger partial charge in [0.25, 0.3) is 0 Å². The lowest BCUT2D eigenvalue weighted by molar-refractivity contribution is -0.140. The number of rotatable bonds is 11. The van der Waals surface area contributed by atoms with E-state index in [1.165, 1.54) is 110 Å². The summed E-state index contributed by atoms with van der Waals surface area (Å²) in [6, 6.07) is 8.83. The summed E-state index contributed by atoms with van der Waals surface area (Å²) in [5.41, 5.74) is 3.77. The van der Waals surface area contributed by atoms with Crippen LogP contribution in [0, 0.1) is 22.7 Å². The molecule has 4 aliphatic heterocycles. The van der Waals surface area contributed by atoms with Crippen LogP contribution in [0.5, 0.6) is 0 Å². The first-order valence-electron chi connectivity index (χ1n) is 17.4. The summed E-state index contributed by atoms with van der Waals surface area (Å²) >= 11 is 0. The molecule has 0 amide bonds. The van der Waals surface area contributed by atoms with Gasteiger partial charge in [-0.3, -0.25) is 4.90 Å². The molecule has 0 radical (unpaired) electrons. The van der Waals surface area contributed by atoms with Crippen molar-refractivity contribution in [1.29, 1.82) is 0 Å². The molecule has 5 rings (SSSR count). The zero-order valence-corrected chi connectivity index (χ0v) is 28.1. The van der Waals surface area contributed by atoms with E-state index in [1.54, 1.807) is 0 Å². The highest BCUT2D eigenvalue weighted by Crippen LogP contribution is 2.41. The molecule has 0 unspecified atom stereocenters. The molecule has 0 atom stereocenters. The molecular formula is C36H64N4O2. The molecule has 240 valence electrons. The molecule has 0 aliphatic carbocycles. The van der Waals surface area contributed by atoms with Crippen LogP contribution in [-0.4, -0.2) is 93.4 Å². The molecule has 6 nitrogen and oxygen atoms in total. The van der Waals surface area contributed by atoms with Crippen LogP contribution < -0.4 is 5.32 Å². The summed E-state index contributed by atoms with van der Waals surface area (Å²) in [5.74, 6) is 1.60. The van der Waals surface area contributed by atoms with Crippen molar-refractivity contribution in [3.63, 3.8) is 0 Å². The molecular weight excluding hydrogens is 520 g/mol. The van der Waals surface area contributed by atoms with E-state index in [0.29, 0.717) is 24.0 Å². The van der Waals surface area contributed by atoms with Gasteiger partial charge in [0.1, 0.15) is 0 Å². The van der Waals surface area contributed by atoms with Crippen molar-refractivity contribution in [2.24, 2.45) is 22.7 Å². The number of hydrogen-bond donors (Lipinski definition) is 1. The van der Waals surface area contributed by atoms with Crippen molar-refractivity contribution in [2.45, 2.75) is 92.9 Å². The second kappa shape index (κ2) is 16.3. The molecule has 4 aliphatic rings. The fourth-order valence-corrected chi connectivity index (χ4v) is 7.83. The van der Waals surface area contributed by atoms with Crippen molar-refractivity contribution in [3.05, 3.63) is 35.4 Å². The Balaban J connectivity index is 0.000000241. The third kappa shape index (κ3) is 10.0. The summed E-state index contributed by atoms with van der Waals surface area (Å²) in [7, 11) is 0. The molecule has 1 aromatic carbocycles. The molecule has 1 aromatic rings. The van der Waals surface area contributed by atoms with Gasteiger partial charge in [0.2, 0.25) is 0 Å². The van der Waals surface area contributed by atoms with Gasteiger partial charge in [-0.05, 0) is 120 Å². The molecule has 42 heavy (non-hydrogen) atoms. The van der Waals surface area contributed by atoms with E-state index < -0.39 is 0 Å². The van der Waals surface area contributed by atoms with Crippen molar-refractivity contribution < 1.29 is 9.47 Å². The van der Waals surface area contributed by atoms with Gasteiger partial charge >= 0.3 is 0 Å². The maximum atomic E-state index is 5.71. The van der Waals surface area contributed by atoms with Crippen molar-refractivity contribution in [3.8, 4) is 0 Å². The molecule has 4 saturated heterocycles. The lowest BCUT2D eigenvalue weighted by atomic mass is 9.77. The van der Waals surface area contributed by atoms with Gasteiger partial charge in [0, 0.05) is 51.5 Å². The number of piperidine rings is 2. The second-order valence-corrected chi connectivity index (χ2v) is 14.8. The summed E-state index contributed by atoms with van der Waals surface area (Å²) < 4.78 is 11.4. The normalized spacial score (nSPS) is 23.0. The predicted molar refractivity (Wildman–Crippen MR) is 176 cm³/mol. The fourth-order valence-electron chi connectivity index (χ4n) is 7.83. The van der Waals surface area contributed by atoms with Gasteiger partial charge < -0.3 is 24.6 Å². The van der Waals surface area contributed by atoms with Gasteiger partial charge in [-0.25, -0.2) is 0 Å². The van der Waals surface area contributed by atoms with Gasteiger partial charge in [0.05, 0.1) is 0 Å². The molecule has 0 aromatic heterocycles. The Labute approximate surface area is 258 Å². The van der Waals surface area contributed by atoms with Gasteiger partial charge in [0.15, 0.2) is 6.29 Å². The smallest absolute Gasteiger partial charge is 0.183 e. The van der Waals surface area contributed by atoms with Crippen molar-refractivity contribution >= 4 is 0 Å². The Hall–Kier alpha value is -1.02. The van der Waals surface area contributed by atoms with Gasteiger partial charge in [-0.1, -0.05) is 52.0 Å². The zero-order valence-electron chi connectivity index (χ0n) is 28.1. The van der Waals surface area contributed by atoms with Crippen LogP contribution in [0.2, 0.25) is 0 Å². The predicted octanol–water partition coefficient (Wildman–Crippen LogP) is 6.42. The SMILES string of the molecule is CC(C)CN1CCC2(CCNC2)CC1.CCOC(OCC)c1ccc(CN2CCC3(CCN(CC(C)C)CC3)C2)cc1. The third-order valence-corrected chi connectivity index (χ3v) is 10.2. The van der Waals surface area contributed by atoms with Crippen LogP contribution in [-0.2, 0) is 16.0 Å². The second-order valence-electron chi connectivity index (χ2n) is 14.8. The van der Waals surface area contributed by atoms with Gasteiger partial charge in [-0.15, -0.1) is 0 Å². The van der Waals surface area contributed by atoms with E-state index in [1.807, 2.05) is 13.8 Å². The topological polar surface area (TPSA) is 40.2 Å². The standard InChI is InChI=1S/C24H40N2O2.C12H24N2/c1-5-27-23(28-6-2)22-9-7-21(8-10-22)18-26-16-13-24(19-26)11-14-25(15-12-24)17-20(3)4;1-11(2)9-14-7-4-12(5-8-14)3-6-13-10-12/h7-10,20,23H,5-6,11-19H2,1-4H3;11,13H,3-10H2,1-2H3. The largest absolute Gasteiger partial charge is 0.349 e. The number of nitrogens with zero attached hydrogens (tertiary/aromatic N) is 3. The minimum Gasteiger partial charge on any atom is -0.349 e. The first kappa shape index (κ1) is 33.9.